The van der Waals surface area contributed by atoms with Gasteiger partial charge in [0.15, 0.2) is 0 Å². The summed E-state index contributed by atoms with van der Waals surface area (Å²) in [7, 11) is 1.97. The summed E-state index contributed by atoms with van der Waals surface area (Å²) < 4.78 is 0. The third kappa shape index (κ3) is 1.90. The summed E-state index contributed by atoms with van der Waals surface area (Å²) in [5, 5.41) is 4.64. The summed E-state index contributed by atoms with van der Waals surface area (Å²) >= 11 is 12.1. The van der Waals surface area contributed by atoms with Crippen molar-refractivity contribution in [1.29, 1.82) is 0 Å². The number of nitrogens with one attached hydrogen (secondary N) is 1. The molecule has 3 heteroatoms. The normalized spacial score (nSPS) is 18.2. The van der Waals surface area contributed by atoms with Gasteiger partial charge in [-0.15, -0.1) is 0 Å². The van der Waals surface area contributed by atoms with Crippen LogP contribution in [0.5, 0.6) is 0 Å². The molecule has 0 aromatic heterocycles. The second-order valence-electron chi connectivity index (χ2n) is 3.75. The molecule has 0 heterocycles. The van der Waals surface area contributed by atoms with Crippen LogP contribution in [0.4, 0.5) is 0 Å². The summed E-state index contributed by atoms with van der Waals surface area (Å²) in [6.45, 7) is 0. The third-order valence-corrected chi connectivity index (χ3v) is 3.55. The number of hydrogen-bond donors (Lipinski definition) is 1. The molecule has 1 saturated carbocycles. The highest BCUT2D eigenvalue weighted by atomic mass is 35.5. The highest BCUT2D eigenvalue weighted by Crippen LogP contribution is 2.43. The van der Waals surface area contributed by atoms with Gasteiger partial charge >= 0.3 is 0 Å². The number of benzene rings is 1. The molecule has 0 saturated heterocycles. The Morgan fingerprint density at radius 2 is 2.07 bits per heavy atom. The van der Waals surface area contributed by atoms with Gasteiger partial charge in [-0.25, -0.2) is 0 Å². The fourth-order valence-electron chi connectivity index (χ4n) is 1.84. The van der Waals surface area contributed by atoms with Crippen LogP contribution in [0.25, 0.3) is 0 Å². The number of rotatable bonds is 3. The van der Waals surface area contributed by atoms with E-state index in [-0.39, 0.29) is 0 Å². The van der Waals surface area contributed by atoms with Gasteiger partial charge in [0, 0.05) is 6.04 Å². The molecule has 0 amide bonds. The molecule has 1 aromatic rings. The van der Waals surface area contributed by atoms with E-state index in [1.165, 1.54) is 12.8 Å². The summed E-state index contributed by atoms with van der Waals surface area (Å²) in [6.07, 6.45) is 2.57. The summed E-state index contributed by atoms with van der Waals surface area (Å²) in [6, 6.07) is 6.19. The molecule has 1 atom stereocenters. The van der Waals surface area contributed by atoms with E-state index in [1.54, 1.807) is 0 Å². The first-order valence-corrected chi connectivity index (χ1v) is 5.61. The molecule has 1 nitrogen and oxygen atoms in total. The minimum absolute atomic E-state index is 0.362. The molecule has 2 rings (SSSR count). The van der Waals surface area contributed by atoms with Crippen molar-refractivity contribution in [2.75, 3.05) is 7.05 Å². The maximum absolute atomic E-state index is 6.17. The van der Waals surface area contributed by atoms with Crippen LogP contribution >= 0.6 is 23.2 Å². The molecule has 1 N–H and O–H groups in total. The second kappa shape index (κ2) is 4.09. The van der Waals surface area contributed by atoms with Crippen LogP contribution < -0.4 is 5.32 Å². The Labute approximate surface area is 94.4 Å². The highest BCUT2D eigenvalue weighted by molar-refractivity contribution is 6.42. The van der Waals surface area contributed by atoms with Crippen molar-refractivity contribution in [2.24, 2.45) is 5.92 Å². The Morgan fingerprint density at radius 1 is 1.36 bits per heavy atom. The number of hydrogen-bond acceptors (Lipinski definition) is 1. The predicted octanol–water partition coefficient (Wildman–Crippen LogP) is 3.66. The fourth-order valence-corrected chi connectivity index (χ4v) is 2.26. The SMILES string of the molecule is CNC(c1cccc(Cl)c1Cl)C1CC1. The van der Waals surface area contributed by atoms with Crippen LogP contribution in [0, 0.1) is 5.92 Å². The molecular formula is C11H13Cl2N. The van der Waals surface area contributed by atoms with Gasteiger partial charge in [0.2, 0.25) is 0 Å². The van der Waals surface area contributed by atoms with Crippen LogP contribution in [0.1, 0.15) is 24.4 Å². The molecule has 1 aliphatic rings. The maximum atomic E-state index is 6.17. The van der Waals surface area contributed by atoms with Gasteiger partial charge < -0.3 is 5.32 Å². The zero-order valence-electron chi connectivity index (χ0n) is 8.06. The molecule has 1 aromatic carbocycles. The zero-order chi connectivity index (χ0) is 10.1. The lowest BCUT2D eigenvalue weighted by Crippen LogP contribution is -2.18. The van der Waals surface area contributed by atoms with Crippen molar-refractivity contribution in [3.63, 3.8) is 0 Å². The highest BCUT2D eigenvalue weighted by Gasteiger charge is 2.32. The van der Waals surface area contributed by atoms with Crippen molar-refractivity contribution < 1.29 is 0 Å². The molecule has 76 valence electrons. The van der Waals surface area contributed by atoms with Crippen LogP contribution in [-0.4, -0.2) is 7.05 Å². The van der Waals surface area contributed by atoms with Crippen LogP contribution in [0.3, 0.4) is 0 Å². The Balaban J connectivity index is 2.33. The first-order chi connectivity index (χ1) is 6.74. The van der Waals surface area contributed by atoms with E-state index in [1.807, 2.05) is 25.2 Å². The van der Waals surface area contributed by atoms with E-state index in [2.05, 4.69) is 5.32 Å². The van der Waals surface area contributed by atoms with Gasteiger partial charge in [-0.2, -0.15) is 0 Å². The molecule has 0 radical (unpaired) electrons. The van der Waals surface area contributed by atoms with E-state index in [4.69, 9.17) is 23.2 Å². The van der Waals surface area contributed by atoms with Gasteiger partial charge in [-0.3, -0.25) is 0 Å². The summed E-state index contributed by atoms with van der Waals surface area (Å²) in [5.74, 6) is 0.732. The predicted molar refractivity (Wildman–Crippen MR) is 61.0 cm³/mol. The fraction of sp³-hybridized carbons (Fsp3) is 0.455. The molecule has 1 unspecified atom stereocenters. The lowest BCUT2D eigenvalue weighted by atomic mass is 10.0. The molecule has 1 aliphatic carbocycles. The van der Waals surface area contributed by atoms with E-state index < -0.39 is 0 Å². The van der Waals surface area contributed by atoms with Crippen molar-refractivity contribution in [3.8, 4) is 0 Å². The largest absolute Gasteiger partial charge is 0.313 e. The maximum Gasteiger partial charge on any atom is 0.0640 e. The lowest BCUT2D eigenvalue weighted by Gasteiger charge is -2.17. The van der Waals surface area contributed by atoms with Crippen LogP contribution in [-0.2, 0) is 0 Å². The Kier molecular flexibility index (Phi) is 3.01. The smallest absolute Gasteiger partial charge is 0.0640 e. The van der Waals surface area contributed by atoms with Crippen molar-refractivity contribution in [1.82, 2.24) is 5.32 Å². The third-order valence-electron chi connectivity index (χ3n) is 2.72. The topological polar surface area (TPSA) is 12.0 Å². The van der Waals surface area contributed by atoms with Crippen molar-refractivity contribution in [3.05, 3.63) is 33.8 Å². The summed E-state index contributed by atoms with van der Waals surface area (Å²) in [5.41, 5.74) is 1.13. The van der Waals surface area contributed by atoms with Crippen LogP contribution in [0.2, 0.25) is 10.0 Å². The molecule has 0 bridgehead atoms. The summed E-state index contributed by atoms with van der Waals surface area (Å²) in [4.78, 5) is 0. The number of halogens is 2. The minimum atomic E-state index is 0.362. The molecule has 1 fully saturated rings. The quantitative estimate of drug-likeness (QED) is 0.835. The Bertz CT molecular complexity index is 334. The van der Waals surface area contributed by atoms with Gasteiger partial charge in [0.1, 0.15) is 0 Å². The van der Waals surface area contributed by atoms with Gasteiger partial charge in [0.25, 0.3) is 0 Å². The molecular weight excluding hydrogens is 217 g/mol. The van der Waals surface area contributed by atoms with Crippen molar-refractivity contribution in [2.45, 2.75) is 18.9 Å². The average molecular weight is 230 g/mol. The van der Waals surface area contributed by atoms with E-state index in [9.17, 15) is 0 Å². The lowest BCUT2D eigenvalue weighted by molar-refractivity contribution is 0.529. The molecule has 14 heavy (non-hydrogen) atoms. The first kappa shape index (κ1) is 10.3. The van der Waals surface area contributed by atoms with Gasteiger partial charge in [-0.05, 0) is 37.4 Å². The molecule has 0 aliphatic heterocycles. The first-order valence-electron chi connectivity index (χ1n) is 4.85. The van der Waals surface area contributed by atoms with Crippen molar-refractivity contribution >= 4 is 23.2 Å². The van der Waals surface area contributed by atoms with E-state index in [0.717, 1.165) is 11.5 Å². The Hall–Kier alpha value is -0.240. The zero-order valence-corrected chi connectivity index (χ0v) is 9.57. The average Bonchev–Trinajstić information content (AvgIpc) is 2.97. The minimum Gasteiger partial charge on any atom is -0.313 e. The molecule has 0 spiro atoms. The van der Waals surface area contributed by atoms with Gasteiger partial charge in [0.05, 0.1) is 10.0 Å². The standard InChI is InChI=1S/C11H13Cl2N/c1-14-11(7-5-6-7)8-3-2-4-9(12)10(8)13/h2-4,7,11,14H,5-6H2,1H3. The van der Waals surface area contributed by atoms with Crippen LogP contribution in [0.15, 0.2) is 18.2 Å². The second-order valence-corrected chi connectivity index (χ2v) is 4.53. The van der Waals surface area contributed by atoms with E-state index in [0.29, 0.717) is 16.1 Å². The van der Waals surface area contributed by atoms with Gasteiger partial charge in [-0.1, -0.05) is 35.3 Å². The Morgan fingerprint density at radius 3 is 2.64 bits per heavy atom. The monoisotopic (exact) mass is 229 g/mol. The van der Waals surface area contributed by atoms with E-state index >= 15 is 0 Å².